The highest BCUT2D eigenvalue weighted by atomic mass is 35.5. The maximum Gasteiger partial charge on any atom is 0.323 e. The molecule has 0 saturated heterocycles. The van der Waals surface area contributed by atoms with Gasteiger partial charge >= 0.3 is 5.97 Å². The molecule has 0 aliphatic carbocycles. The second-order valence-electron chi connectivity index (χ2n) is 5.47. The number of carbonyl (C=O) groups is 1. The monoisotopic (exact) mass is 373 g/mol. The normalized spacial score (nSPS) is 11.3. The third kappa shape index (κ3) is 4.00. The van der Waals surface area contributed by atoms with Gasteiger partial charge in [0, 0.05) is 29.1 Å². The Morgan fingerprint density at radius 3 is 2.64 bits per heavy atom. The number of thiazole rings is 1. The van der Waals surface area contributed by atoms with Crippen LogP contribution in [0.4, 0.5) is 5.69 Å². The van der Waals surface area contributed by atoms with E-state index in [1.54, 1.807) is 28.4 Å². The van der Waals surface area contributed by atoms with E-state index in [1.807, 2.05) is 36.5 Å². The number of nitrogens with zero attached hydrogens (tertiary/aromatic N) is 2. The van der Waals surface area contributed by atoms with Crippen LogP contribution < -0.4 is 9.47 Å². The van der Waals surface area contributed by atoms with E-state index in [4.69, 9.17) is 11.6 Å². The lowest BCUT2D eigenvalue weighted by Crippen LogP contribution is -2.33. The molecule has 1 heterocycles. The zero-order chi connectivity index (χ0) is 17.8. The molecular formula is C19H18ClN2O2S+. The van der Waals surface area contributed by atoms with Gasteiger partial charge in [0.25, 0.3) is 5.01 Å². The summed E-state index contributed by atoms with van der Waals surface area (Å²) in [6.45, 7) is 2.84. The first-order valence-corrected chi connectivity index (χ1v) is 9.11. The van der Waals surface area contributed by atoms with Crippen molar-refractivity contribution in [2.75, 3.05) is 11.4 Å². The molecule has 3 aromatic rings. The molecule has 0 aliphatic rings. The minimum absolute atomic E-state index is 0.116. The van der Waals surface area contributed by atoms with Gasteiger partial charge < -0.3 is 10.0 Å². The summed E-state index contributed by atoms with van der Waals surface area (Å²) in [6, 6.07) is 15.4. The number of hydrogen-bond acceptors (Lipinski definition) is 3. The fraction of sp³-hybridized carbons (Fsp3) is 0.158. The molecule has 1 N–H and O–H groups in total. The Balaban J connectivity index is 1.96. The number of carboxylic acids is 1. The highest BCUT2D eigenvalue weighted by Gasteiger charge is 2.17. The van der Waals surface area contributed by atoms with E-state index >= 15 is 0 Å². The number of carboxylic acid groups (broad SMARTS) is 1. The zero-order valence-electron chi connectivity index (χ0n) is 13.7. The molecule has 3 rings (SSSR count). The third-order valence-electron chi connectivity index (χ3n) is 3.81. The van der Waals surface area contributed by atoms with Gasteiger partial charge in [-0.25, -0.2) is 0 Å². The molecule has 0 unspecified atom stereocenters. The molecular weight excluding hydrogens is 356 g/mol. The highest BCUT2D eigenvalue weighted by Crippen LogP contribution is 2.23. The van der Waals surface area contributed by atoms with E-state index in [0.717, 1.165) is 17.2 Å². The number of para-hydroxylation sites is 1. The van der Waals surface area contributed by atoms with Crippen molar-refractivity contribution >= 4 is 50.9 Å². The third-order valence-corrected chi connectivity index (χ3v) is 5.20. The molecule has 6 heteroatoms. The molecule has 0 aliphatic heterocycles. The van der Waals surface area contributed by atoms with Crippen LogP contribution in [0.25, 0.3) is 16.3 Å². The summed E-state index contributed by atoms with van der Waals surface area (Å²) in [7, 11) is 0. The summed E-state index contributed by atoms with van der Waals surface area (Å²) < 4.78 is 3.43. The molecule has 0 bridgehead atoms. The summed E-state index contributed by atoms with van der Waals surface area (Å²) in [4.78, 5) is 12.9. The van der Waals surface area contributed by atoms with Crippen molar-refractivity contribution in [3.8, 4) is 0 Å². The molecule has 2 aromatic carbocycles. The van der Waals surface area contributed by atoms with E-state index < -0.39 is 5.97 Å². The number of aryl methyl sites for hydroxylation is 1. The summed E-state index contributed by atoms with van der Waals surface area (Å²) in [5.41, 5.74) is 1.97. The van der Waals surface area contributed by atoms with E-state index in [2.05, 4.69) is 23.6 Å². The Kier molecular flexibility index (Phi) is 5.36. The number of rotatable bonds is 6. The predicted octanol–water partition coefficient (Wildman–Crippen LogP) is 4.42. The van der Waals surface area contributed by atoms with Gasteiger partial charge in [-0.3, -0.25) is 4.79 Å². The standard InChI is InChI=1S/C19H17ClN2O2S/c1-2-22-16-5-3-4-6-17(16)25-18(22)11-12-21(13-19(23)24)15-9-7-14(20)8-10-15/h3-12H,2,13H2,1H3/p+1. The lowest BCUT2D eigenvalue weighted by molar-refractivity contribution is -0.665. The quantitative estimate of drug-likeness (QED) is 0.650. The first kappa shape index (κ1) is 17.5. The Morgan fingerprint density at radius 1 is 1.24 bits per heavy atom. The van der Waals surface area contributed by atoms with Crippen LogP contribution in [-0.4, -0.2) is 17.6 Å². The summed E-state index contributed by atoms with van der Waals surface area (Å²) in [5, 5.41) is 10.9. The molecule has 128 valence electrons. The lowest BCUT2D eigenvalue weighted by atomic mass is 10.3. The Bertz CT molecular complexity index is 919. The fourth-order valence-corrected chi connectivity index (χ4v) is 3.91. The van der Waals surface area contributed by atoms with Crippen molar-refractivity contribution in [3.05, 3.63) is 64.8 Å². The summed E-state index contributed by atoms with van der Waals surface area (Å²) in [6.07, 6.45) is 3.78. The molecule has 25 heavy (non-hydrogen) atoms. The second kappa shape index (κ2) is 7.68. The van der Waals surface area contributed by atoms with Gasteiger partial charge in [-0.15, -0.1) is 0 Å². The Labute approximate surface area is 155 Å². The lowest BCUT2D eigenvalue weighted by Gasteiger charge is -2.17. The zero-order valence-corrected chi connectivity index (χ0v) is 15.3. The molecule has 0 radical (unpaired) electrons. The average Bonchev–Trinajstić information content (AvgIpc) is 2.96. The number of aliphatic carboxylic acids is 1. The minimum atomic E-state index is -0.890. The summed E-state index contributed by atoms with van der Waals surface area (Å²) >= 11 is 7.61. The fourth-order valence-electron chi connectivity index (χ4n) is 2.67. The maximum atomic E-state index is 11.2. The van der Waals surface area contributed by atoms with Crippen molar-refractivity contribution in [2.45, 2.75) is 13.5 Å². The van der Waals surface area contributed by atoms with Crippen LogP contribution in [0.1, 0.15) is 11.9 Å². The molecule has 0 saturated carbocycles. The van der Waals surface area contributed by atoms with E-state index in [0.29, 0.717) is 5.02 Å². The van der Waals surface area contributed by atoms with Crippen molar-refractivity contribution in [1.29, 1.82) is 0 Å². The van der Waals surface area contributed by atoms with Gasteiger partial charge in [0.2, 0.25) is 5.52 Å². The van der Waals surface area contributed by atoms with Crippen LogP contribution in [0.2, 0.25) is 5.02 Å². The van der Waals surface area contributed by atoms with Crippen molar-refractivity contribution in [3.63, 3.8) is 0 Å². The second-order valence-corrected chi connectivity index (χ2v) is 6.96. The maximum absolute atomic E-state index is 11.2. The van der Waals surface area contributed by atoms with Crippen LogP contribution in [-0.2, 0) is 11.3 Å². The summed E-state index contributed by atoms with van der Waals surface area (Å²) in [5.74, 6) is -0.890. The molecule has 0 amide bonds. The Morgan fingerprint density at radius 2 is 1.96 bits per heavy atom. The van der Waals surface area contributed by atoms with Crippen LogP contribution in [0.5, 0.6) is 0 Å². The van der Waals surface area contributed by atoms with Crippen LogP contribution >= 0.6 is 22.9 Å². The van der Waals surface area contributed by atoms with Crippen molar-refractivity contribution in [1.82, 2.24) is 0 Å². The number of hydrogen-bond donors (Lipinski definition) is 1. The molecule has 4 nitrogen and oxygen atoms in total. The van der Waals surface area contributed by atoms with Gasteiger partial charge in [-0.05, 0) is 37.3 Å². The number of benzene rings is 2. The molecule has 0 spiro atoms. The topological polar surface area (TPSA) is 44.4 Å². The van der Waals surface area contributed by atoms with Gasteiger partial charge in [0.05, 0.1) is 0 Å². The minimum Gasteiger partial charge on any atom is -0.480 e. The average molecular weight is 374 g/mol. The molecule has 0 atom stereocenters. The van der Waals surface area contributed by atoms with Crippen LogP contribution in [0, 0.1) is 0 Å². The van der Waals surface area contributed by atoms with E-state index in [1.165, 1.54) is 10.2 Å². The number of halogens is 1. The van der Waals surface area contributed by atoms with Crippen LogP contribution in [0.15, 0.2) is 54.7 Å². The van der Waals surface area contributed by atoms with Crippen molar-refractivity contribution < 1.29 is 14.5 Å². The number of fused-ring (bicyclic) bond motifs is 1. The molecule has 0 fully saturated rings. The van der Waals surface area contributed by atoms with Gasteiger partial charge in [0.1, 0.15) is 17.8 Å². The van der Waals surface area contributed by atoms with Crippen molar-refractivity contribution in [2.24, 2.45) is 0 Å². The largest absolute Gasteiger partial charge is 0.480 e. The highest BCUT2D eigenvalue weighted by molar-refractivity contribution is 7.18. The van der Waals surface area contributed by atoms with Crippen LogP contribution in [0.3, 0.4) is 0 Å². The predicted molar refractivity (Wildman–Crippen MR) is 103 cm³/mol. The molecule has 1 aromatic heterocycles. The first-order chi connectivity index (χ1) is 12.1. The first-order valence-electron chi connectivity index (χ1n) is 7.92. The van der Waals surface area contributed by atoms with E-state index in [9.17, 15) is 9.90 Å². The van der Waals surface area contributed by atoms with Gasteiger partial charge in [-0.2, -0.15) is 4.57 Å². The smallest absolute Gasteiger partial charge is 0.323 e. The van der Waals surface area contributed by atoms with Gasteiger partial charge in [-0.1, -0.05) is 35.1 Å². The van der Waals surface area contributed by atoms with E-state index in [-0.39, 0.29) is 6.54 Å². The SMILES string of the molecule is CC[n+]1c(/C=C/N(CC(=O)O)c2ccc(Cl)cc2)sc2ccccc21. The van der Waals surface area contributed by atoms with Gasteiger partial charge in [0.15, 0.2) is 0 Å². The number of anilines is 1. The number of aromatic nitrogens is 1. The Hall–Kier alpha value is -2.37.